The van der Waals surface area contributed by atoms with E-state index in [4.69, 9.17) is 41.5 Å². The molecule has 0 aliphatic rings. The molecule has 0 unspecified atom stereocenters. The maximum atomic E-state index is 8.93. The largest absolute Gasteiger partial charge is 2.00 e. The summed E-state index contributed by atoms with van der Waals surface area (Å²) in [6.45, 7) is 4.11. The summed E-state index contributed by atoms with van der Waals surface area (Å²) in [6, 6.07) is -0.0185. The molecule has 9 heteroatoms. The van der Waals surface area contributed by atoms with Gasteiger partial charge < -0.3 is 41.5 Å². The van der Waals surface area contributed by atoms with E-state index < -0.39 is 11.9 Å². The van der Waals surface area contributed by atoms with Gasteiger partial charge in [-0.25, -0.2) is 0 Å². The van der Waals surface area contributed by atoms with Gasteiger partial charge >= 0.3 is 21.1 Å². The smallest absolute Gasteiger partial charge is 0.543 e. The number of nitrogens with two attached hydrogens (primary N) is 2. The minimum Gasteiger partial charge on any atom is -0.543 e. The first-order valence-corrected chi connectivity index (χ1v) is 5.41. The minimum absolute atomic E-state index is 0. The van der Waals surface area contributed by atoms with Gasteiger partial charge in [-0.1, -0.05) is 13.8 Å². The van der Waals surface area contributed by atoms with Crippen LogP contribution < -0.4 is 21.7 Å². The van der Waals surface area contributed by atoms with E-state index in [9.17, 15) is 0 Å². The average Bonchev–Trinajstić information content (AvgIpc) is 2.37. The number of aliphatic carboxylic acids is 2. The van der Waals surface area contributed by atoms with E-state index in [0.717, 1.165) is 12.8 Å². The SMILES string of the molecule is CC[C@H](N)CO.CC[C@H](N)CO.O=C([O-])C(=O)[O-].[Pt+2]. The predicted octanol–water partition coefficient (Wildman–Crippen LogP) is -4.08. The molecule has 0 aromatic rings. The van der Waals surface area contributed by atoms with Gasteiger partial charge in [-0.05, 0) is 12.8 Å². The van der Waals surface area contributed by atoms with Crippen LogP contribution in [0.25, 0.3) is 0 Å². The normalized spacial score (nSPS) is 11.5. The van der Waals surface area contributed by atoms with Crippen LogP contribution in [0.4, 0.5) is 0 Å². The molecule has 2 atom stereocenters. The third-order valence-electron chi connectivity index (χ3n) is 1.68. The summed E-state index contributed by atoms with van der Waals surface area (Å²) in [5.74, 6) is -4.37. The molecule has 0 saturated carbocycles. The molecular formula is C10H22N2O6Pt. The van der Waals surface area contributed by atoms with E-state index in [1.807, 2.05) is 13.8 Å². The Balaban J connectivity index is -0.0000000865. The second kappa shape index (κ2) is 19.8. The fourth-order valence-corrected chi connectivity index (χ4v) is 0.258. The van der Waals surface area contributed by atoms with Crippen molar-refractivity contribution >= 4 is 11.9 Å². The van der Waals surface area contributed by atoms with Crippen molar-refractivity contribution in [3.63, 3.8) is 0 Å². The van der Waals surface area contributed by atoms with Crippen LogP contribution in [0.1, 0.15) is 26.7 Å². The van der Waals surface area contributed by atoms with Crippen molar-refractivity contribution < 1.29 is 51.1 Å². The van der Waals surface area contributed by atoms with Crippen molar-refractivity contribution in [3.8, 4) is 0 Å². The van der Waals surface area contributed by atoms with E-state index >= 15 is 0 Å². The summed E-state index contributed by atoms with van der Waals surface area (Å²) in [4.78, 5) is 17.9. The summed E-state index contributed by atoms with van der Waals surface area (Å²) < 4.78 is 0. The van der Waals surface area contributed by atoms with Crippen molar-refractivity contribution in [1.82, 2.24) is 0 Å². The van der Waals surface area contributed by atoms with Crippen molar-refractivity contribution in [2.45, 2.75) is 38.8 Å². The predicted molar refractivity (Wildman–Crippen MR) is 60.7 cm³/mol. The van der Waals surface area contributed by atoms with Crippen LogP contribution in [0.3, 0.4) is 0 Å². The van der Waals surface area contributed by atoms with Gasteiger partial charge in [0, 0.05) is 12.1 Å². The molecule has 19 heavy (non-hydrogen) atoms. The zero-order valence-corrected chi connectivity index (χ0v) is 13.3. The molecule has 0 rings (SSSR count). The van der Waals surface area contributed by atoms with Crippen molar-refractivity contribution in [2.75, 3.05) is 13.2 Å². The number of hydrogen-bond acceptors (Lipinski definition) is 8. The number of carboxylic acids is 2. The van der Waals surface area contributed by atoms with Crippen LogP contribution in [-0.4, -0.2) is 47.4 Å². The molecule has 0 aromatic carbocycles. The molecular weight excluding hydrogens is 439 g/mol. The number of aliphatic hydroxyl groups is 2. The van der Waals surface area contributed by atoms with Crippen LogP contribution in [0.15, 0.2) is 0 Å². The average molecular weight is 461 g/mol. The van der Waals surface area contributed by atoms with Gasteiger partial charge in [-0.15, -0.1) is 0 Å². The molecule has 0 aliphatic carbocycles. The molecule has 118 valence electrons. The second-order valence-electron chi connectivity index (χ2n) is 3.28. The molecule has 0 bridgehead atoms. The van der Waals surface area contributed by atoms with E-state index in [-0.39, 0.29) is 46.4 Å². The molecule has 6 N–H and O–H groups in total. The van der Waals surface area contributed by atoms with Gasteiger partial charge in [0.1, 0.15) is 0 Å². The Bertz CT molecular complexity index is 188. The molecule has 0 aliphatic heterocycles. The Morgan fingerprint density at radius 2 is 1.16 bits per heavy atom. The first-order valence-electron chi connectivity index (χ1n) is 5.41. The molecule has 0 saturated heterocycles. The Morgan fingerprint density at radius 3 is 1.16 bits per heavy atom. The van der Waals surface area contributed by atoms with E-state index in [1.54, 1.807) is 0 Å². The number of hydrogen-bond donors (Lipinski definition) is 4. The standard InChI is InChI=1S/2C4H11NO.C2H2O4.Pt/c2*1-2-4(5)3-6;3-1(4)2(5)6;/h2*4,6H,2-3,5H2,1H3;(H,3,4)(H,5,6);/q;;;+2/p-2/t2*4-;;/m00../s1. The number of aliphatic hydroxyl groups excluding tert-OH is 2. The van der Waals surface area contributed by atoms with E-state index in [1.165, 1.54) is 0 Å². The molecule has 0 fully saturated rings. The van der Waals surface area contributed by atoms with E-state index in [0.29, 0.717) is 0 Å². The van der Waals surface area contributed by atoms with Gasteiger partial charge in [0.2, 0.25) is 0 Å². The monoisotopic (exact) mass is 461 g/mol. The Kier molecular flexibility index (Phi) is 28.1. The van der Waals surface area contributed by atoms with Crippen molar-refractivity contribution in [1.29, 1.82) is 0 Å². The molecule has 0 radical (unpaired) electrons. The summed E-state index contributed by atoms with van der Waals surface area (Å²) in [5.41, 5.74) is 10.4. The zero-order chi connectivity index (χ0) is 15.1. The van der Waals surface area contributed by atoms with Crippen LogP contribution in [0, 0.1) is 0 Å². The second-order valence-corrected chi connectivity index (χ2v) is 3.28. The number of carbonyl (C=O) groups excluding carboxylic acids is 2. The van der Waals surface area contributed by atoms with Crippen molar-refractivity contribution in [3.05, 3.63) is 0 Å². The zero-order valence-electron chi connectivity index (χ0n) is 11.0. The van der Waals surface area contributed by atoms with Crippen LogP contribution in [0.2, 0.25) is 0 Å². The molecule has 8 nitrogen and oxygen atoms in total. The number of carboxylic acid groups (broad SMARTS) is 2. The van der Waals surface area contributed by atoms with Gasteiger partial charge in [0.05, 0.1) is 25.2 Å². The Morgan fingerprint density at radius 1 is 0.947 bits per heavy atom. The number of rotatable bonds is 4. The topological polar surface area (TPSA) is 173 Å². The Labute approximate surface area is 127 Å². The van der Waals surface area contributed by atoms with Gasteiger partial charge in [0.15, 0.2) is 0 Å². The van der Waals surface area contributed by atoms with E-state index in [2.05, 4.69) is 0 Å². The van der Waals surface area contributed by atoms with Gasteiger partial charge in [0.25, 0.3) is 0 Å². The summed E-state index contributed by atoms with van der Waals surface area (Å²) in [6.07, 6.45) is 1.72. The van der Waals surface area contributed by atoms with Crippen LogP contribution >= 0.6 is 0 Å². The third kappa shape index (κ3) is 31.8. The molecule has 0 amide bonds. The maximum Gasteiger partial charge on any atom is 2.00 e. The van der Waals surface area contributed by atoms with Crippen molar-refractivity contribution in [2.24, 2.45) is 11.5 Å². The number of carbonyl (C=O) groups is 2. The fourth-order valence-electron chi connectivity index (χ4n) is 0.258. The summed E-state index contributed by atoms with van der Waals surface area (Å²) >= 11 is 0. The molecule has 0 heterocycles. The quantitative estimate of drug-likeness (QED) is 0.306. The third-order valence-corrected chi connectivity index (χ3v) is 1.68. The fraction of sp³-hybridized carbons (Fsp3) is 0.800. The summed E-state index contributed by atoms with van der Waals surface area (Å²) in [5, 5.41) is 34.3. The first kappa shape index (κ1) is 26.9. The van der Waals surface area contributed by atoms with Crippen LogP contribution in [0.5, 0.6) is 0 Å². The maximum absolute atomic E-state index is 8.93. The summed E-state index contributed by atoms with van der Waals surface area (Å²) in [7, 11) is 0. The Hall–Kier alpha value is -0.532. The van der Waals surface area contributed by atoms with Crippen LogP contribution in [-0.2, 0) is 30.7 Å². The molecule has 0 aromatic heterocycles. The van der Waals surface area contributed by atoms with Gasteiger partial charge in [-0.3, -0.25) is 0 Å². The minimum atomic E-state index is -2.19. The van der Waals surface area contributed by atoms with Gasteiger partial charge in [-0.2, -0.15) is 0 Å². The first-order chi connectivity index (χ1) is 8.26. The molecule has 0 spiro atoms.